The highest BCUT2D eigenvalue weighted by molar-refractivity contribution is 5.99. The van der Waals surface area contributed by atoms with Crippen molar-refractivity contribution in [2.45, 2.75) is 32.5 Å². The van der Waals surface area contributed by atoms with E-state index in [9.17, 15) is 23.1 Å². The zero-order valence-electron chi connectivity index (χ0n) is 24.1. The lowest BCUT2D eigenvalue weighted by atomic mass is 10.00. The SMILES string of the molecule is Cc1noc(C)c1-c1ccc([C@H](CN)[n+]2cc(NC(=O)Nc3cc(N=C([O-])Cc4ccccc4)cc(C(F)(F)F)c3)on2)cc1. The third kappa shape index (κ3) is 7.54. The summed E-state index contributed by atoms with van der Waals surface area (Å²) in [6, 6.07) is 17.5. The first-order valence-corrected chi connectivity index (χ1v) is 13.7. The van der Waals surface area contributed by atoms with Crippen molar-refractivity contribution in [2.24, 2.45) is 10.7 Å². The number of nitrogens with two attached hydrogens (primary N) is 1. The number of aliphatic imine (C=N–C) groups is 1. The second-order valence-electron chi connectivity index (χ2n) is 10.1. The molecule has 0 unspecified atom stereocenters. The molecule has 3 aromatic carbocycles. The summed E-state index contributed by atoms with van der Waals surface area (Å²) in [7, 11) is 0. The lowest BCUT2D eigenvalue weighted by Gasteiger charge is -2.14. The Balaban J connectivity index is 1.29. The fourth-order valence-electron chi connectivity index (χ4n) is 4.76. The molecule has 1 atom stereocenters. The number of amides is 2. The molecule has 0 fully saturated rings. The highest BCUT2D eigenvalue weighted by Crippen LogP contribution is 2.34. The normalized spacial score (nSPS) is 12.6. The van der Waals surface area contributed by atoms with Crippen LogP contribution in [0.3, 0.4) is 0 Å². The van der Waals surface area contributed by atoms with Crippen LogP contribution < -0.4 is 26.2 Å². The van der Waals surface area contributed by atoms with Crippen molar-refractivity contribution < 1.29 is 36.8 Å². The number of hydrogen-bond donors (Lipinski definition) is 3. The zero-order chi connectivity index (χ0) is 32.1. The summed E-state index contributed by atoms with van der Waals surface area (Å²) in [5.74, 6) is -0.0361. The number of nitrogens with one attached hydrogen (secondary N) is 2. The molecular formula is C31H28F3N7O4. The molecule has 2 aromatic heterocycles. The Morgan fingerprint density at radius 2 is 1.78 bits per heavy atom. The van der Waals surface area contributed by atoms with Crippen molar-refractivity contribution in [3.05, 3.63) is 107 Å². The van der Waals surface area contributed by atoms with Crippen LogP contribution in [0, 0.1) is 13.8 Å². The Hall–Kier alpha value is -5.50. The minimum Gasteiger partial charge on any atom is -0.861 e. The third-order valence-corrected chi connectivity index (χ3v) is 6.83. The second-order valence-corrected chi connectivity index (χ2v) is 10.1. The molecule has 0 spiro atoms. The quantitative estimate of drug-likeness (QED) is 0.118. The number of rotatable bonds is 9. The number of hydrogen-bond acceptors (Lipinski definition) is 8. The fraction of sp³-hybridized carbons (Fsp3) is 0.194. The summed E-state index contributed by atoms with van der Waals surface area (Å²) < 4.78 is 52.7. The molecule has 2 amide bonds. The van der Waals surface area contributed by atoms with Crippen molar-refractivity contribution in [2.75, 3.05) is 17.2 Å². The van der Waals surface area contributed by atoms with E-state index in [2.05, 4.69) is 26.1 Å². The van der Waals surface area contributed by atoms with Gasteiger partial charge >= 0.3 is 18.1 Å². The van der Waals surface area contributed by atoms with Gasteiger partial charge in [-0.2, -0.15) is 13.2 Å². The number of aryl methyl sites for hydroxylation is 2. The van der Waals surface area contributed by atoms with Crippen LogP contribution in [0.5, 0.6) is 0 Å². The number of urea groups is 1. The van der Waals surface area contributed by atoms with Crippen molar-refractivity contribution >= 4 is 29.2 Å². The van der Waals surface area contributed by atoms with Crippen molar-refractivity contribution in [3.8, 4) is 11.1 Å². The molecule has 232 valence electrons. The predicted octanol–water partition coefficient (Wildman–Crippen LogP) is 5.08. The number of aromatic nitrogens is 3. The van der Waals surface area contributed by atoms with Crippen LogP contribution in [0.1, 0.15) is 34.2 Å². The third-order valence-electron chi connectivity index (χ3n) is 6.83. The molecule has 4 N–H and O–H groups in total. The van der Waals surface area contributed by atoms with Crippen molar-refractivity contribution in [3.63, 3.8) is 0 Å². The summed E-state index contributed by atoms with van der Waals surface area (Å²) in [5, 5.41) is 25.1. The molecular weight excluding hydrogens is 591 g/mol. The average Bonchev–Trinajstić information content (AvgIpc) is 3.58. The molecule has 0 radical (unpaired) electrons. The van der Waals surface area contributed by atoms with E-state index < -0.39 is 29.7 Å². The maximum atomic E-state index is 13.6. The maximum Gasteiger partial charge on any atom is 0.416 e. The van der Waals surface area contributed by atoms with Crippen LogP contribution in [0.4, 0.5) is 35.2 Å². The Morgan fingerprint density at radius 1 is 1.04 bits per heavy atom. The van der Waals surface area contributed by atoms with Crippen molar-refractivity contribution in [1.82, 2.24) is 10.4 Å². The van der Waals surface area contributed by atoms with E-state index in [0.717, 1.165) is 40.6 Å². The molecule has 45 heavy (non-hydrogen) atoms. The van der Waals surface area contributed by atoms with Crippen LogP contribution in [0.25, 0.3) is 11.1 Å². The number of anilines is 2. The van der Waals surface area contributed by atoms with Gasteiger partial charge in [0, 0.05) is 23.2 Å². The lowest BCUT2D eigenvalue weighted by Crippen LogP contribution is -2.45. The maximum absolute atomic E-state index is 13.6. The van der Waals surface area contributed by atoms with E-state index in [0.29, 0.717) is 11.3 Å². The number of benzene rings is 3. The molecule has 5 aromatic rings. The van der Waals surface area contributed by atoms with E-state index in [1.54, 1.807) is 30.3 Å². The summed E-state index contributed by atoms with van der Waals surface area (Å²) in [6.45, 7) is 3.83. The number of halogens is 3. The fourth-order valence-corrected chi connectivity index (χ4v) is 4.76. The van der Waals surface area contributed by atoms with E-state index in [-0.39, 0.29) is 30.2 Å². The second kappa shape index (κ2) is 13.0. The molecule has 11 nitrogen and oxygen atoms in total. The topological polar surface area (TPSA) is 159 Å². The predicted molar refractivity (Wildman–Crippen MR) is 157 cm³/mol. The Labute approximate surface area is 255 Å². The van der Waals surface area contributed by atoms with Gasteiger partial charge in [0.2, 0.25) is 11.3 Å². The summed E-state index contributed by atoms with van der Waals surface area (Å²) in [5.41, 5.74) is 8.49. The first-order chi connectivity index (χ1) is 21.5. The van der Waals surface area contributed by atoms with Gasteiger partial charge < -0.3 is 20.7 Å². The van der Waals surface area contributed by atoms with Gasteiger partial charge in [-0.25, -0.2) is 4.79 Å². The van der Waals surface area contributed by atoms with Gasteiger partial charge in [-0.1, -0.05) is 59.8 Å². The van der Waals surface area contributed by atoms with Crippen LogP contribution in [0.15, 0.2) is 93.0 Å². The molecule has 0 saturated carbocycles. The number of carbonyl (C=O) groups is 1. The molecule has 0 bridgehead atoms. The first-order valence-electron chi connectivity index (χ1n) is 13.7. The zero-order valence-corrected chi connectivity index (χ0v) is 24.1. The Kier molecular flexibility index (Phi) is 8.95. The largest absolute Gasteiger partial charge is 0.861 e. The molecule has 2 heterocycles. The van der Waals surface area contributed by atoms with Gasteiger partial charge in [-0.05, 0) is 53.8 Å². The van der Waals surface area contributed by atoms with Crippen molar-refractivity contribution in [1.29, 1.82) is 0 Å². The molecule has 14 heteroatoms. The first kappa shape index (κ1) is 30.9. The number of alkyl halides is 3. The lowest BCUT2D eigenvalue weighted by molar-refractivity contribution is -0.775. The minimum absolute atomic E-state index is 0.0896. The van der Waals surface area contributed by atoms with Crippen LogP contribution in [-0.4, -0.2) is 28.9 Å². The summed E-state index contributed by atoms with van der Waals surface area (Å²) in [6.07, 6.45) is -3.45. The molecule has 0 aliphatic carbocycles. The molecule has 0 saturated heterocycles. The summed E-state index contributed by atoms with van der Waals surface area (Å²) in [4.78, 5) is 16.5. The highest BCUT2D eigenvalue weighted by atomic mass is 19.4. The van der Waals surface area contributed by atoms with Crippen LogP contribution >= 0.6 is 0 Å². The molecule has 5 rings (SSSR count). The summed E-state index contributed by atoms with van der Waals surface area (Å²) >= 11 is 0. The highest BCUT2D eigenvalue weighted by Gasteiger charge is 2.32. The molecule has 0 aliphatic heterocycles. The standard InChI is InChI=1S/C31H28F3N7O4/c1-18-29(19(2)44-39-18)22-10-8-21(9-11-22)26(16-35)41-17-28(45-40-41)38-30(43)37-25-14-23(31(32,33)34)13-24(15-25)36-27(42)12-20-6-4-3-5-7-20/h3-11,13-15,17,26H,12,16,35H2,1-2H3,(H2-,36,37,38,40,42,43)/t26-/m0/s1. The van der Waals surface area contributed by atoms with Gasteiger partial charge in [-0.15, -0.1) is 0 Å². The number of nitrogens with zero attached hydrogens (tertiary/aromatic N) is 4. The average molecular weight is 620 g/mol. The van der Waals surface area contributed by atoms with Gasteiger partial charge in [0.15, 0.2) is 0 Å². The smallest absolute Gasteiger partial charge is 0.416 e. The van der Waals surface area contributed by atoms with E-state index in [1.807, 2.05) is 38.1 Å². The van der Waals surface area contributed by atoms with E-state index >= 15 is 0 Å². The Morgan fingerprint density at radius 3 is 2.42 bits per heavy atom. The van der Waals surface area contributed by atoms with Gasteiger partial charge in [0.1, 0.15) is 5.76 Å². The Bertz CT molecular complexity index is 1800. The molecule has 0 aliphatic rings. The monoisotopic (exact) mass is 619 g/mol. The van der Waals surface area contributed by atoms with Gasteiger partial charge in [-0.3, -0.25) is 14.8 Å². The van der Waals surface area contributed by atoms with Gasteiger partial charge in [0.05, 0.1) is 23.5 Å². The minimum atomic E-state index is -4.75. The van der Waals surface area contributed by atoms with Gasteiger partial charge in [0.25, 0.3) is 6.20 Å². The van der Waals surface area contributed by atoms with E-state index in [1.165, 1.54) is 10.9 Å². The van der Waals surface area contributed by atoms with Crippen LogP contribution in [0.2, 0.25) is 0 Å². The van der Waals surface area contributed by atoms with E-state index in [4.69, 9.17) is 14.8 Å². The number of carbonyl (C=O) groups excluding carboxylic acids is 1. The van der Waals surface area contributed by atoms with Crippen LogP contribution in [-0.2, 0) is 12.6 Å².